The van der Waals surface area contributed by atoms with Gasteiger partial charge in [0.25, 0.3) is 10.0 Å². The van der Waals surface area contributed by atoms with Crippen molar-refractivity contribution >= 4 is 16.0 Å². The Morgan fingerprint density at radius 2 is 2.00 bits per heavy atom. The number of aromatic nitrogens is 1. The predicted molar refractivity (Wildman–Crippen MR) is 72.4 cm³/mol. The van der Waals surface area contributed by atoms with Gasteiger partial charge in [0, 0.05) is 25.3 Å². The van der Waals surface area contributed by atoms with E-state index in [1.165, 1.54) is 16.8 Å². The SMILES string of the molecule is O=C(O)c1cc(S(=O)(=O)NN2CCOCC2)cn1C1CC1. The zero-order chi connectivity index (χ0) is 15.0. The Morgan fingerprint density at radius 3 is 2.57 bits per heavy atom. The monoisotopic (exact) mass is 315 g/mol. The molecule has 0 bridgehead atoms. The molecule has 21 heavy (non-hydrogen) atoms. The van der Waals surface area contributed by atoms with Gasteiger partial charge in [0.05, 0.1) is 13.2 Å². The summed E-state index contributed by atoms with van der Waals surface area (Å²) in [5.41, 5.74) is 0.0138. The van der Waals surface area contributed by atoms with Crippen LogP contribution in [-0.2, 0) is 14.8 Å². The Bertz CT molecular complexity index is 644. The zero-order valence-electron chi connectivity index (χ0n) is 11.4. The van der Waals surface area contributed by atoms with Gasteiger partial charge >= 0.3 is 5.97 Å². The van der Waals surface area contributed by atoms with Gasteiger partial charge in [-0.3, -0.25) is 0 Å². The van der Waals surface area contributed by atoms with Gasteiger partial charge in [0.15, 0.2) is 0 Å². The number of rotatable bonds is 5. The highest BCUT2D eigenvalue weighted by Gasteiger charge is 2.31. The second-order valence-corrected chi connectivity index (χ2v) is 6.86. The van der Waals surface area contributed by atoms with E-state index in [-0.39, 0.29) is 16.6 Å². The van der Waals surface area contributed by atoms with Gasteiger partial charge in [-0.25, -0.2) is 18.2 Å². The van der Waals surface area contributed by atoms with Gasteiger partial charge in [0.2, 0.25) is 0 Å². The minimum absolute atomic E-state index is 0.0138. The topological polar surface area (TPSA) is 101 Å². The van der Waals surface area contributed by atoms with Crippen LogP contribution in [0.4, 0.5) is 0 Å². The predicted octanol–water partition coefficient (Wildman–Crippen LogP) is 0.0467. The molecule has 1 saturated carbocycles. The molecule has 2 N–H and O–H groups in total. The van der Waals surface area contributed by atoms with Crippen LogP contribution in [0.2, 0.25) is 0 Å². The fourth-order valence-electron chi connectivity index (χ4n) is 2.30. The number of aromatic carboxylic acids is 1. The number of sulfonamides is 1. The average Bonchev–Trinajstić information content (AvgIpc) is 3.17. The normalized spacial score (nSPS) is 20.6. The van der Waals surface area contributed by atoms with Crippen LogP contribution < -0.4 is 4.83 Å². The van der Waals surface area contributed by atoms with E-state index < -0.39 is 16.0 Å². The standard InChI is InChI=1S/C12H17N3O5S/c16-12(17)11-7-10(8-15(11)9-1-2-9)21(18,19)13-14-3-5-20-6-4-14/h7-9,13H,1-6H2,(H,16,17). The maximum absolute atomic E-state index is 12.3. The molecule has 8 nitrogen and oxygen atoms in total. The molecule has 0 amide bonds. The van der Waals surface area contributed by atoms with Crippen LogP contribution >= 0.6 is 0 Å². The minimum Gasteiger partial charge on any atom is -0.477 e. The van der Waals surface area contributed by atoms with Crippen molar-refractivity contribution in [2.24, 2.45) is 0 Å². The average molecular weight is 315 g/mol. The Labute approximate surface area is 122 Å². The summed E-state index contributed by atoms with van der Waals surface area (Å²) in [7, 11) is -3.76. The summed E-state index contributed by atoms with van der Waals surface area (Å²) >= 11 is 0. The van der Waals surface area contributed by atoms with E-state index in [1.807, 2.05) is 0 Å². The number of morpholine rings is 1. The molecule has 2 aliphatic rings. The molecule has 0 atom stereocenters. The highest BCUT2D eigenvalue weighted by Crippen LogP contribution is 2.37. The van der Waals surface area contributed by atoms with E-state index in [4.69, 9.17) is 4.74 Å². The van der Waals surface area contributed by atoms with Gasteiger partial charge < -0.3 is 14.4 Å². The largest absolute Gasteiger partial charge is 0.477 e. The lowest BCUT2D eigenvalue weighted by atomic mass is 10.4. The van der Waals surface area contributed by atoms with Crippen molar-refractivity contribution in [2.45, 2.75) is 23.8 Å². The highest BCUT2D eigenvalue weighted by atomic mass is 32.2. The first-order valence-electron chi connectivity index (χ1n) is 6.78. The third kappa shape index (κ3) is 3.10. The first-order valence-corrected chi connectivity index (χ1v) is 8.26. The summed E-state index contributed by atoms with van der Waals surface area (Å²) in [4.78, 5) is 13.7. The van der Waals surface area contributed by atoms with Crippen LogP contribution in [-0.4, -0.2) is 55.4 Å². The van der Waals surface area contributed by atoms with Crippen molar-refractivity contribution in [3.8, 4) is 0 Å². The highest BCUT2D eigenvalue weighted by molar-refractivity contribution is 7.89. The summed E-state index contributed by atoms with van der Waals surface area (Å²) in [6.07, 6.45) is 3.17. The van der Waals surface area contributed by atoms with E-state index >= 15 is 0 Å². The molecule has 2 fully saturated rings. The lowest BCUT2D eigenvalue weighted by Gasteiger charge is -2.26. The van der Waals surface area contributed by atoms with Crippen molar-refractivity contribution < 1.29 is 23.1 Å². The van der Waals surface area contributed by atoms with Crippen LogP contribution in [0.5, 0.6) is 0 Å². The summed E-state index contributed by atoms with van der Waals surface area (Å²) in [6.45, 7) is 1.86. The fraction of sp³-hybridized carbons (Fsp3) is 0.583. The maximum atomic E-state index is 12.3. The molecule has 1 aromatic heterocycles. The Hall–Kier alpha value is -1.42. The Kier molecular flexibility index (Phi) is 3.74. The summed E-state index contributed by atoms with van der Waals surface area (Å²) in [5.74, 6) is -1.12. The van der Waals surface area contributed by atoms with Crippen molar-refractivity contribution in [3.05, 3.63) is 18.0 Å². The van der Waals surface area contributed by atoms with Crippen molar-refractivity contribution in [2.75, 3.05) is 26.3 Å². The molecule has 9 heteroatoms. The maximum Gasteiger partial charge on any atom is 0.352 e. The van der Waals surface area contributed by atoms with E-state index in [2.05, 4.69) is 4.83 Å². The molecule has 0 spiro atoms. The molecule has 0 aromatic carbocycles. The van der Waals surface area contributed by atoms with Gasteiger partial charge in [-0.2, -0.15) is 0 Å². The smallest absolute Gasteiger partial charge is 0.352 e. The molecule has 0 radical (unpaired) electrons. The van der Waals surface area contributed by atoms with Crippen LogP contribution in [0.3, 0.4) is 0 Å². The number of hydrazine groups is 1. The van der Waals surface area contributed by atoms with Gasteiger partial charge in [-0.15, -0.1) is 4.83 Å². The number of hydrogen-bond acceptors (Lipinski definition) is 5. The molecule has 1 aliphatic heterocycles. The number of nitrogens with zero attached hydrogens (tertiary/aromatic N) is 2. The first kappa shape index (κ1) is 14.5. The first-order chi connectivity index (χ1) is 9.97. The molecular formula is C12H17N3O5S. The molecule has 0 unspecified atom stereocenters. The molecule has 1 aromatic rings. The van der Waals surface area contributed by atoms with Crippen LogP contribution in [0.25, 0.3) is 0 Å². The molecule has 116 valence electrons. The molecule has 3 rings (SSSR count). The van der Waals surface area contributed by atoms with Gasteiger partial charge in [-0.05, 0) is 18.9 Å². The van der Waals surface area contributed by atoms with Gasteiger partial charge in [0.1, 0.15) is 10.6 Å². The van der Waals surface area contributed by atoms with Crippen molar-refractivity contribution in [1.29, 1.82) is 0 Å². The Morgan fingerprint density at radius 1 is 1.33 bits per heavy atom. The number of nitrogens with one attached hydrogen (secondary N) is 1. The minimum atomic E-state index is -3.76. The zero-order valence-corrected chi connectivity index (χ0v) is 12.2. The van der Waals surface area contributed by atoms with E-state index in [9.17, 15) is 18.3 Å². The lowest BCUT2D eigenvalue weighted by Crippen LogP contribution is -2.48. The van der Waals surface area contributed by atoms with Crippen molar-refractivity contribution in [3.63, 3.8) is 0 Å². The Balaban J connectivity index is 1.84. The van der Waals surface area contributed by atoms with Crippen LogP contribution in [0.1, 0.15) is 29.4 Å². The van der Waals surface area contributed by atoms with E-state index in [0.717, 1.165) is 12.8 Å². The number of carbonyl (C=O) groups is 1. The number of carboxylic acids is 1. The molecular weight excluding hydrogens is 298 g/mol. The van der Waals surface area contributed by atoms with Gasteiger partial charge in [-0.1, -0.05) is 0 Å². The van der Waals surface area contributed by atoms with E-state index in [1.54, 1.807) is 5.01 Å². The second-order valence-electron chi connectivity index (χ2n) is 5.20. The molecule has 1 aliphatic carbocycles. The quantitative estimate of drug-likeness (QED) is 0.796. The number of carboxylic acid groups (broad SMARTS) is 1. The molecule has 2 heterocycles. The summed E-state index contributed by atoms with van der Waals surface area (Å²) in [6, 6.07) is 1.31. The van der Waals surface area contributed by atoms with E-state index in [0.29, 0.717) is 26.3 Å². The molecule has 1 saturated heterocycles. The summed E-state index contributed by atoms with van der Waals surface area (Å²) in [5, 5.41) is 10.7. The fourth-order valence-corrected chi connectivity index (χ4v) is 3.45. The number of hydrogen-bond donors (Lipinski definition) is 2. The third-order valence-electron chi connectivity index (χ3n) is 3.55. The van der Waals surface area contributed by atoms with Crippen LogP contribution in [0, 0.1) is 0 Å². The third-order valence-corrected chi connectivity index (χ3v) is 4.90. The lowest BCUT2D eigenvalue weighted by molar-refractivity contribution is 0.0272. The second kappa shape index (κ2) is 5.41. The van der Waals surface area contributed by atoms with Crippen molar-refractivity contribution in [1.82, 2.24) is 14.4 Å². The number of ether oxygens (including phenoxy) is 1. The van der Waals surface area contributed by atoms with Crippen LogP contribution in [0.15, 0.2) is 17.2 Å². The summed E-state index contributed by atoms with van der Waals surface area (Å²) < 4.78 is 31.4.